The summed E-state index contributed by atoms with van der Waals surface area (Å²) in [5, 5.41) is 9.02. The second-order valence-corrected chi connectivity index (χ2v) is 5.61. The molecule has 2 fully saturated rings. The van der Waals surface area contributed by atoms with Crippen molar-refractivity contribution in [1.29, 1.82) is 0 Å². The Balaban J connectivity index is 1.68. The van der Waals surface area contributed by atoms with Crippen molar-refractivity contribution in [2.24, 2.45) is 0 Å². The predicted molar refractivity (Wildman–Crippen MR) is 80.8 cm³/mol. The van der Waals surface area contributed by atoms with Gasteiger partial charge in [-0.05, 0) is 24.6 Å². The zero-order valence-corrected chi connectivity index (χ0v) is 12.0. The Kier molecular flexibility index (Phi) is 3.98. The first kappa shape index (κ1) is 14.2. The number of aromatic carboxylic acids is 1. The second-order valence-electron chi connectivity index (χ2n) is 5.61. The third-order valence-electron chi connectivity index (χ3n) is 4.36. The summed E-state index contributed by atoms with van der Waals surface area (Å²) in [4.78, 5) is 15.8. The maximum atomic E-state index is 11.0. The molecule has 2 aliphatic rings. The fourth-order valence-electron chi connectivity index (χ4n) is 3.16. The summed E-state index contributed by atoms with van der Waals surface area (Å²) >= 11 is 0. The Bertz CT molecular complexity index is 529. The van der Waals surface area contributed by atoms with E-state index in [0.717, 1.165) is 51.5 Å². The van der Waals surface area contributed by atoms with Crippen LogP contribution in [-0.2, 0) is 4.74 Å². The van der Waals surface area contributed by atoms with Crippen molar-refractivity contribution < 1.29 is 14.6 Å². The minimum Gasteiger partial charge on any atom is -0.478 e. The van der Waals surface area contributed by atoms with Gasteiger partial charge in [0, 0.05) is 43.6 Å². The Morgan fingerprint density at radius 1 is 1.29 bits per heavy atom. The van der Waals surface area contributed by atoms with Crippen LogP contribution in [0.15, 0.2) is 18.2 Å². The number of carbonyl (C=O) groups is 1. The lowest BCUT2D eigenvalue weighted by molar-refractivity contribution is 0.0209. The number of ether oxygens (including phenoxy) is 1. The number of carboxylic acids is 1. The molecule has 0 amide bonds. The summed E-state index contributed by atoms with van der Waals surface area (Å²) in [5.41, 5.74) is 7.34. The lowest BCUT2D eigenvalue weighted by Crippen LogP contribution is -2.44. The molecule has 0 saturated carbocycles. The summed E-state index contributed by atoms with van der Waals surface area (Å²) < 4.78 is 5.39. The molecule has 1 atom stereocenters. The average molecular weight is 291 g/mol. The molecule has 3 N–H and O–H groups in total. The Morgan fingerprint density at radius 3 is 2.71 bits per heavy atom. The first-order valence-electron chi connectivity index (χ1n) is 7.35. The number of nitrogens with zero attached hydrogens (tertiary/aromatic N) is 2. The molecule has 0 aliphatic carbocycles. The maximum absolute atomic E-state index is 11.0. The van der Waals surface area contributed by atoms with Crippen molar-refractivity contribution >= 4 is 17.3 Å². The molecule has 2 aliphatic heterocycles. The molecule has 0 radical (unpaired) electrons. The smallest absolute Gasteiger partial charge is 0.337 e. The normalized spacial score (nSPS) is 23.4. The van der Waals surface area contributed by atoms with Gasteiger partial charge in [-0.3, -0.25) is 4.90 Å². The van der Waals surface area contributed by atoms with E-state index in [0.29, 0.717) is 11.7 Å². The molecule has 114 valence electrons. The number of nitrogen functional groups attached to an aromatic ring is 1. The highest BCUT2D eigenvalue weighted by molar-refractivity contribution is 5.94. The van der Waals surface area contributed by atoms with Crippen molar-refractivity contribution in [3.05, 3.63) is 23.8 Å². The van der Waals surface area contributed by atoms with Crippen molar-refractivity contribution in [3.8, 4) is 0 Å². The summed E-state index contributed by atoms with van der Waals surface area (Å²) in [6.07, 6.45) is 1.13. The maximum Gasteiger partial charge on any atom is 0.337 e. The predicted octanol–water partition coefficient (Wildman–Crippen LogP) is 0.878. The van der Waals surface area contributed by atoms with Crippen LogP contribution in [0.3, 0.4) is 0 Å². The monoisotopic (exact) mass is 291 g/mol. The molecule has 0 aromatic heterocycles. The van der Waals surface area contributed by atoms with E-state index in [4.69, 9.17) is 15.6 Å². The molecule has 6 nitrogen and oxygen atoms in total. The lowest BCUT2D eigenvalue weighted by atomic mass is 10.1. The Hall–Kier alpha value is -1.79. The fourth-order valence-corrected chi connectivity index (χ4v) is 3.16. The van der Waals surface area contributed by atoms with Crippen LogP contribution in [0.25, 0.3) is 0 Å². The molecule has 1 aromatic rings. The van der Waals surface area contributed by atoms with Gasteiger partial charge in [-0.15, -0.1) is 0 Å². The van der Waals surface area contributed by atoms with Gasteiger partial charge in [-0.2, -0.15) is 0 Å². The van der Waals surface area contributed by atoms with Gasteiger partial charge < -0.3 is 20.5 Å². The van der Waals surface area contributed by atoms with Crippen LogP contribution in [0.1, 0.15) is 16.8 Å². The number of carboxylic acid groups (broad SMARTS) is 1. The van der Waals surface area contributed by atoms with Gasteiger partial charge in [0.25, 0.3) is 0 Å². The van der Waals surface area contributed by atoms with E-state index in [-0.39, 0.29) is 5.56 Å². The van der Waals surface area contributed by atoms with Gasteiger partial charge >= 0.3 is 5.97 Å². The van der Waals surface area contributed by atoms with Crippen LogP contribution in [0.5, 0.6) is 0 Å². The van der Waals surface area contributed by atoms with Crippen LogP contribution in [0, 0.1) is 0 Å². The molecular weight excluding hydrogens is 270 g/mol. The van der Waals surface area contributed by atoms with Crippen LogP contribution in [0.2, 0.25) is 0 Å². The van der Waals surface area contributed by atoms with Crippen LogP contribution < -0.4 is 10.6 Å². The highest BCUT2D eigenvalue weighted by atomic mass is 16.5. The van der Waals surface area contributed by atoms with Crippen molar-refractivity contribution in [1.82, 2.24) is 4.90 Å². The number of rotatable bonds is 3. The zero-order valence-electron chi connectivity index (χ0n) is 12.0. The molecule has 21 heavy (non-hydrogen) atoms. The van der Waals surface area contributed by atoms with Crippen LogP contribution in [-0.4, -0.2) is 61.4 Å². The van der Waals surface area contributed by atoms with E-state index in [9.17, 15) is 4.79 Å². The fraction of sp³-hybridized carbons (Fsp3) is 0.533. The van der Waals surface area contributed by atoms with Gasteiger partial charge in [-0.25, -0.2) is 4.79 Å². The van der Waals surface area contributed by atoms with E-state index in [1.807, 2.05) is 6.07 Å². The van der Waals surface area contributed by atoms with E-state index in [2.05, 4.69) is 9.80 Å². The molecule has 2 heterocycles. The molecule has 2 saturated heterocycles. The van der Waals surface area contributed by atoms with Gasteiger partial charge in [0.15, 0.2) is 0 Å². The SMILES string of the molecule is Nc1cc(N2CCC(N3CCOCC3)C2)ccc1C(=O)O. The second kappa shape index (κ2) is 5.91. The minimum atomic E-state index is -0.980. The number of morpholine rings is 1. The van der Waals surface area contributed by atoms with Gasteiger partial charge in [0.05, 0.1) is 18.8 Å². The third kappa shape index (κ3) is 2.96. The van der Waals surface area contributed by atoms with Crippen molar-refractivity contribution in [2.45, 2.75) is 12.5 Å². The number of nitrogens with two attached hydrogens (primary N) is 1. The van der Waals surface area contributed by atoms with Crippen molar-refractivity contribution in [3.63, 3.8) is 0 Å². The van der Waals surface area contributed by atoms with Gasteiger partial charge in [0.2, 0.25) is 0 Å². The molecule has 1 aromatic carbocycles. The van der Waals surface area contributed by atoms with Gasteiger partial charge in [-0.1, -0.05) is 0 Å². The number of benzene rings is 1. The highest BCUT2D eigenvalue weighted by Crippen LogP contribution is 2.26. The average Bonchev–Trinajstić information content (AvgIpc) is 2.97. The van der Waals surface area contributed by atoms with Crippen LogP contribution in [0.4, 0.5) is 11.4 Å². The number of hydrogen-bond donors (Lipinski definition) is 2. The molecule has 0 bridgehead atoms. The minimum absolute atomic E-state index is 0.169. The lowest BCUT2D eigenvalue weighted by Gasteiger charge is -2.32. The molecule has 1 unspecified atom stereocenters. The molecule has 6 heteroatoms. The standard InChI is InChI=1S/C15H21N3O3/c16-14-9-11(1-2-13(14)15(19)20)18-4-3-12(10-18)17-5-7-21-8-6-17/h1-2,9,12H,3-8,10,16H2,(H,19,20). The Labute approximate surface area is 124 Å². The summed E-state index contributed by atoms with van der Waals surface area (Å²) in [6.45, 7) is 5.57. The topological polar surface area (TPSA) is 79.0 Å². The molecule has 0 spiro atoms. The molecule has 3 rings (SSSR count). The third-order valence-corrected chi connectivity index (χ3v) is 4.36. The summed E-state index contributed by atoms with van der Waals surface area (Å²) in [5.74, 6) is -0.980. The first-order chi connectivity index (χ1) is 10.1. The van der Waals surface area contributed by atoms with Crippen LogP contribution >= 0.6 is 0 Å². The highest BCUT2D eigenvalue weighted by Gasteiger charge is 2.29. The van der Waals surface area contributed by atoms with E-state index in [1.54, 1.807) is 12.1 Å². The van der Waals surface area contributed by atoms with E-state index >= 15 is 0 Å². The van der Waals surface area contributed by atoms with Crippen molar-refractivity contribution in [2.75, 3.05) is 50.0 Å². The number of anilines is 2. The summed E-state index contributed by atoms with van der Waals surface area (Å²) in [6, 6.07) is 5.76. The van der Waals surface area contributed by atoms with Gasteiger partial charge in [0.1, 0.15) is 0 Å². The Morgan fingerprint density at radius 2 is 2.05 bits per heavy atom. The quantitative estimate of drug-likeness (QED) is 0.805. The zero-order chi connectivity index (χ0) is 14.8. The van der Waals surface area contributed by atoms with E-state index < -0.39 is 5.97 Å². The number of hydrogen-bond acceptors (Lipinski definition) is 5. The molecular formula is C15H21N3O3. The van der Waals surface area contributed by atoms with E-state index in [1.165, 1.54) is 0 Å². The first-order valence-corrected chi connectivity index (χ1v) is 7.35. The summed E-state index contributed by atoms with van der Waals surface area (Å²) in [7, 11) is 0. The largest absolute Gasteiger partial charge is 0.478 e.